The van der Waals surface area contributed by atoms with Crippen LogP contribution in [0.1, 0.15) is 39.4 Å². The number of halogens is 1. The molecule has 0 spiro atoms. The van der Waals surface area contributed by atoms with Crippen molar-refractivity contribution in [2.75, 3.05) is 23.7 Å². The van der Waals surface area contributed by atoms with E-state index in [0.29, 0.717) is 5.82 Å². The molecule has 3 rings (SSSR count). The molecule has 6 nitrogen and oxygen atoms in total. The molecule has 1 aliphatic heterocycles. The Balaban J connectivity index is 1.51. The zero-order valence-electron chi connectivity index (χ0n) is 15.4. The zero-order chi connectivity index (χ0) is 18.6. The molecule has 26 heavy (non-hydrogen) atoms. The minimum atomic E-state index is -0.320. The third-order valence-electron chi connectivity index (χ3n) is 4.14. The second-order valence-electron chi connectivity index (χ2n) is 7.45. The monoisotopic (exact) mass is 469 g/mol. The molecular weight excluding hydrogens is 443 g/mol. The van der Waals surface area contributed by atoms with Gasteiger partial charge in [-0.25, -0.2) is 0 Å². The number of amides is 2. The molecule has 0 bridgehead atoms. The van der Waals surface area contributed by atoms with E-state index in [0.717, 1.165) is 28.5 Å². The van der Waals surface area contributed by atoms with Gasteiger partial charge in [-0.15, -0.1) is 0 Å². The van der Waals surface area contributed by atoms with Crippen LogP contribution in [-0.2, 0) is 5.41 Å². The zero-order valence-corrected chi connectivity index (χ0v) is 17.6. The van der Waals surface area contributed by atoms with Crippen molar-refractivity contribution in [3.8, 4) is 0 Å². The first-order chi connectivity index (χ1) is 12.4. The van der Waals surface area contributed by atoms with Crippen molar-refractivity contribution < 1.29 is 30.5 Å². The molecule has 7 heteroatoms. The van der Waals surface area contributed by atoms with Gasteiger partial charge in [0.15, 0.2) is 0 Å². The van der Waals surface area contributed by atoms with Gasteiger partial charge in [0.25, 0.3) is 0 Å². The topological polar surface area (TPSA) is 79.2 Å². The molecule has 2 aromatic rings. The maximum atomic E-state index is 12.1. The Hall–Kier alpha value is -1.61. The molecule has 0 unspecified atom stereocenters. The molecule has 1 fully saturated rings. The molecule has 0 aliphatic carbocycles. The van der Waals surface area contributed by atoms with Crippen LogP contribution in [0.15, 0.2) is 34.9 Å². The predicted molar refractivity (Wildman–Crippen MR) is 98.9 cm³/mol. The summed E-state index contributed by atoms with van der Waals surface area (Å²) in [5.41, 5.74) is 0.636. The number of nitrogens with zero attached hydrogens (tertiary/aromatic N) is 1. The Labute approximate surface area is 164 Å². The number of carbonyl (C=O) groups is 1. The predicted octanol–water partition coefficient (Wildman–Crippen LogP) is 0.627. The Morgan fingerprint density at radius 2 is 1.88 bits per heavy atom. The van der Waals surface area contributed by atoms with Gasteiger partial charge in [-0.2, -0.15) is 0 Å². The van der Waals surface area contributed by atoms with Crippen molar-refractivity contribution in [3.63, 3.8) is 0 Å². The van der Waals surface area contributed by atoms with Gasteiger partial charge in [0, 0.05) is 0 Å². The minimum absolute atomic E-state index is 0.0318. The molecule has 1 aromatic carbocycles. The summed E-state index contributed by atoms with van der Waals surface area (Å²) in [6.45, 7) is 8.38. The van der Waals surface area contributed by atoms with Gasteiger partial charge >= 0.3 is 165 Å². The van der Waals surface area contributed by atoms with Crippen LogP contribution in [0.2, 0.25) is 0 Å². The third kappa shape index (κ3) is 5.44. The first-order valence-electron chi connectivity index (χ1n) is 8.89. The van der Waals surface area contributed by atoms with Crippen molar-refractivity contribution in [1.29, 1.82) is 0 Å². The van der Waals surface area contributed by atoms with E-state index in [1.807, 2.05) is 32.9 Å². The number of hydrogen-bond donors (Lipinski definition) is 3. The van der Waals surface area contributed by atoms with Crippen LogP contribution in [0.25, 0.3) is 0 Å². The molecule has 0 radical (unpaired) electrons. The van der Waals surface area contributed by atoms with Gasteiger partial charge in [-0.05, 0) is 0 Å². The second kappa shape index (κ2) is 8.39. The van der Waals surface area contributed by atoms with Crippen LogP contribution in [-0.4, -0.2) is 28.2 Å². The molecule has 1 saturated heterocycles. The Bertz CT molecular complexity index is 731. The molecule has 3 N–H and O–H groups in total. The van der Waals surface area contributed by atoms with Crippen LogP contribution in [0.4, 0.5) is 16.3 Å². The number of carbonyl (C=O) groups excluding carboxylic acids is 1. The van der Waals surface area contributed by atoms with E-state index >= 15 is 0 Å². The molecule has 0 saturated carbocycles. The number of hydrogen-bond acceptors (Lipinski definition) is 4. The summed E-state index contributed by atoms with van der Waals surface area (Å²) in [6, 6.07) is 9.65. The molecule has 2 heterocycles. The van der Waals surface area contributed by atoms with Crippen LogP contribution < -0.4 is 37.2 Å². The van der Waals surface area contributed by atoms with E-state index < -0.39 is 0 Å². The number of nitrogens with one attached hydrogen (secondary N) is 3. The summed E-state index contributed by atoms with van der Waals surface area (Å²) in [7, 11) is 0. The third-order valence-corrected chi connectivity index (χ3v) is 7.71. The number of alkyl halides is 1. The van der Waals surface area contributed by atoms with Gasteiger partial charge in [0.05, 0.1) is 0 Å². The van der Waals surface area contributed by atoms with Crippen molar-refractivity contribution in [2.45, 2.75) is 43.0 Å². The van der Waals surface area contributed by atoms with Crippen LogP contribution in [0.5, 0.6) is 0 Å². The van der Waals surface area contributed by atoms with Crippen molar-refractivity contribution in [3.05, 3.63) is 39.7 Å². The van der Waals surface area contributed by atoms with Crippen molar-refractivity contribution >= 4 is 17.5 Å². The average Bonchev–Trinajstić information content (AvgIpc) is 3.06. The van der Waals surface area contributed by atoms with Crippen LogP contribution >= 0.6 is 0 Å². The fourth-order valence-electron chi connectivity index (χ4n) is 2.65. The standard InChI is InChI=1S/C19H26IN4O2/c1-19(2,3)16-12-17(24-26-16)23-18(25)22-15-6-4-13(5-7-15)20-14-8-10-21-11-9-14/h4-7,12,14,21H,8-11H2,1-3H3,(H2,22,23,24,25)/q-1. The molecule has 2 amide bonds. The van der Waals surface area contributed by atoms with E-state index in [4.69, 9.17) is 4.52 Å². The summed E-state index contributed by atoms with van der Waals surface area (Å²) < 4.78 is 7.56. The molecule has 1 aromatic heterocycles. The Morgan fingerprint density at radius 1 is 1.19 bits per heavy atom. The SMILES string of the molecule is CC(C)(C)c1cc(NC(=O)Nc2ccc([I-]C3CCNCC3)cc2)no1. The number of anilines is 2. The summed E-state index contributed by atoms with van der Waals surface area (Å²) >= 11 is 0.0318. The quantitative estimate of drug-likeness (QED) is 0.454. The average molecular weight is 469 g/mol. The molecule has 0 atom stereocenters. The van der Waals surface area contributed by atoms with Gasteiger partial charge < -0.3 is 0 Å². The molecular formula is C19H26IN4O2-. The van der Waals surface area contributed by atoms with Crippen LogP contribution in [0, 0.1) is 3.57 Å². The Kier molecular flexibility index (Phi) is 6.18. The second-order valence-corrected chi connectivity index (χ2v) is 11.1. The van der Waals surface area contributed by atoms with Crippen molar-refractivity contribution in [1.82, 2.24) is 10.5 Å². The van der Waals surface area contributed by atoms with Gasteiger partial charge in [-0.3, -0.25) is 0 Å². The number of rotatable bonds is 4. The van der Waals surface area contributed by atoms with Gasteiger partial charge in [-0.1, -0.05) is 0 Å². The number of benzene rings is 1. The summed E-state index contributed by atoms with van der Waals surface area (Å²) in [4.78, 5) is 12.1. The number of aromatic nitrogens is 1. The van der Waals surface area contributed by atoms with Crippen molar-refractivity contribution in [2.24, 2.45) is 0 Å². The van der Waals surface area contributed by atoms with Gasteiger partial charge in [0.1, 0.15) is 0 Å². The summed E-state index contributed by atoms with van der Waals surface area (Å²) in [6.07, 6.45) is 2.56. The molecule has 142 valence electrons. The van der Waals surface area contributed by atoms with Gasteiger partial charge in [0.2, 0.25) is 0 Å². The maximum absolute atomic E-state index is 12.1. The van der Waals surface area contributed by atoms with E-state index in [1.165, 1.54) is 16.4 Å². The van der Waals surface area contributed by atoms with E-state index in [2.05, 4.69) is 33.2 Å². The van der Waals surface area contributed by atoms with E-state index in [-0.39, 0.29) is 32.7 Å². The van der Waals surface area contributed by atoms with E-state index in [9.17, 15) is 4.79 Å². The normalized spacial score (nSPS) is 15.8. The molecule has 1 aliphatic rings. The first kappa shape index (κ1) is 19.2. The fraction of sp³-hybridized carbons (Fsp3) is 0.474. The van der Waals surface area contributed by atoms with Crippen LogP contribution in [0.3, 0.4) is 0 Å². The number of urea groups is 1. The first-order valence-corrected chi connectivity index (χ1v) is 11.2. The number of piperidine rings is 1. The van der Waals surface area contributed by atoms with E-state index in [1.54, 1.807) is 6.07 Å². The summed E-state index contributed by atoms with van der Waals surface area (Å²) in [5.74, 6) is 1.15. The fourth-order valence-corrected chi connectivity index (χ4v) is 5.68. The Morgan fingerprint density at radius 3 is 2.50 bits per heavy atom. The summed E-state index contributed by atoms with van der Waals surface area (Å²) in [5, 5.41) is 12.9.